The van der Waals surface area contributed by atoms with Gasteiger partial charge in [0.2, 0.25) is 0 Å². The standard InChI is InChI=1S/C42H81O8P/c1-4-7-9-11-13-15-17-19-21-23-24-26-28-30-32-34-36-41(43)47-38-40(39-49-51(45,46)48-6-3)50-42(44)37-35-33-31-29-27-25-22-20-18-16-14-12-10-8-5-2/h20,22,40H,4-19,21,23-39H2,1-3H3,(H,45,46)/b22-20-. The van der Waals surface area contributed by atoms with Crippen molar-refractivity contribution < 1.29 is 37.6 Å². The van der Waals surface area contributed by atoms with Gasteiger partial charge in [-0.1, -0.05) is 174 Å². The number of unbranched alkanes of at least 4 members (excludes halogenated alkanes) is 26. The molecule has 0 aliphatic rings. The van der Waals surface area contributed by atoms with E-state index >= 15 is 0 Å². The Balaban J connectivity index is 4.07. The molecule has 0 radical (unpaired) electrons. The Morgan fingerprint density at radius 2 is 0.882 bits per heavy atom. The van der Waals surface area contributed by atoms with Crippen LogP contribution in [0.15, 0.2) is 12.2 Å². The van der Waals surface area contributed by atoms with E-state index < -0.39 is 26.5 Å². The number of phosphoric ester groups is 1. The molecule has 0 aromatic carbocycles. The Morgan fingerprint density at radius 3 is 1.29 bits per heavy atom. The van der Waals surface area contributed by atoms with E-state index in [-0.39, 0.29) is 25.6 Å². The minimum Gasteiger partial charge on any atom is -0.462 e. The molecule has 0 heterocycles. The van der Waals surface area contributed by atoms with Gasteiger partial charge in [0.1, 0.15) is 6.61 Å². The first-order chi connectivity index (χ1) is 24.8. The third-order valence-electron chi connectivity index (χ3n) is 9.32. The molecule has 0 amide bonds. The van der Waals surface area contributed by atoms with Crippen molar-refractivity contribution in [1.29, 1.82) is 0 Å². The summed E-state index contributed by atoms with van der Waals surface area (Å²) < 4.78 is 32.6. The van der Waals surface area contributed by atoms with Crippen molar-refractivity contribution in [3.05, 3.63) is 12.2 Å². The van der Waals surface area contributed by atoms with Crippen molar-refractivity contribution in [3.63, 3.8) is 0 Å². The Morgan fingerprint density at radius 1 is 0.510 bits per heavy atom. The van der Waals surface area contributed by atoms with Crippen LogP contribution in [0.4, 0.5) is 0 Å². The van der Waals surface area contributed by atoms with E-state index in [1.165, 1.54) is 128 Å². The highest BCUT2D eigenvalue weighted by molar-refractivity contribution is 7.47. The highest BCUT2D eigenvalue weighted by atomic mass is 31.2. The van der Waals surface area contributed by atoms with Crippen molar-refractivity contribution in [2.24, 2.45) is 0 Å². The fraction of sp³-hybridized carbons (Fsp3) is 0.905. The first-order valence-corrected chi connectivity index (χ1v) is 23.0. The van der Waals surface area contributed by atoms with E-state index in [9.17, 15) is 19.0 Å². The van der Waals surface area contributed by atoms with Gasteiger partial charge < -0.3 is 14.4 Å². The quantitative estimate of drug-likeness (QED) is 0.0286. The van der Waals surface area contributed by atoms with E-state index in [1.807, 2.05) is 0 Å². The lowest BCUT2D eigenvalue weighted by molar-refractivity contribution is -0.161. The number of rotatable bonds is 40. The molecule has 0 aromatic heterocycles. The summed E-state index contributed by atoms with van der Waals surface area (Å²) >= 11 is 0. The van der Waals surface area contributed by atoms with Crippen LogP contribution in [0.25, 0.3) is 0 Å². The molecule has 9 heteroatoms. The van der Waals surface area contributed by atoms with Gasteiger partial charge in [0, 0.05) is 12.8 Å². The Hall–Kier alpha value is -1.21. The molecule has 0 saturated carbocycles. The predicted molar refractivity (Wildman–Crippen MR) is 212 cm³/mol. The maximum absolute atomic E-state index is 12.5. The van der Waals surface area contributed by atoms with Gasteiger partial charge in [0.05, 0.1) is 13.2 Å². The summed E-state index contributed by atoms with van der Waals surface area (Å²) in [4.78, 5) is 34.7. The third-order valence-corrected chi connectivity index (χ3v) is 10.4. The maximum atomic E-state index is 12.5. The zero-order valence-electron chi connectivity index (χ0n) is 33.5. The van der Waals surface area contributed by atoms with Crippen LogP contribution >= 0.6 is 7.82 Å². The lowest BCUT2D eigenvalue weighted by atomic mass is 10.0. The van der Waals surface area contributed by atoms with Gasteiger partial charge in [-0.15, -0.1) is 0 Å². The summed E-state index contributed by atoms with van der Waals surface area (Å²) in [5, 5.41) is 0. The van der Waals surface area contributed by atoms with Crippen molar-refractivity contribution >= 4 is 19.8 Å². The van der Waals surface area contributed by atoms with Crippen LogP contribution in [0.1, 0.15) is 220 Å². The normalized spacial score (nSPS) is 13.4. The van der Waals surface area contributed by atoms with Crippen LogP contribution in [0.5, 0.6) is 0 Å². The maximum Gasteiger partial charge on any atom is 0.472 e. The average molecular weight is 745 g/mol. The molecule has 0 fully saturated rings. The van der Waals surface area contributed by atoms with Crippen LogP contribution in [-0.2, 0) is 32.7 Å². The Kier molecular flexibility index (Phi) is 37.6. The fourth-order valence-corrected chi connectivity index (χ4v) is 6.91. The second-order valence-corrected chi connectivity index (χ2v) is 15.8. The number of hydrogen-bond donors (Lipinski definition) is 1. The van der Waals surface area contributed by atoms with Gasteiger partial charge in [-0.25, -0.2) is 4.57 Å². The monoisotopic (exact) mass is 745 g/mol. The van der Waals surface area contributed by atoms with Gasteiger partial charge >= 0.3 is 19.8 Å². The van der Waals surface area contributed by atoms with E-state index in [1.54, 1.807) is 6.92 Å². The molecule has 0 aliphatic carbocycles. The molecular weight excluding hydrogens is 663 g/mol. The number of esters is 2. The fourth-order valence-electron chi connectivity index (χ4n) is 6.15. The molecule has 0 aliphatic heterocycles. The number of ether oxygens (including phenoxy) is 2. The minimum absolute atomic E-state index is 0.00199. The summed E-state index contributed by atoms with van der Waals surface area (Å²) in [6, 6.07) is 0. The lowest BCUT2D eigenvalue weighted by Crippen LogP contribution is -2.29. The predicted octanol–water partition coefficient (Wildman–Crippen LogP) is 13.3. The first kappa shape index (κ1) is 49.8. The molecule has 8 nitrogen and oxygen atoms in total. The summed E-state index contributed by atoms with van der Waals surface area (Å²) in [6.45, 7) is 5.49. The largest absolute Gasteiger partial charge is 0.472 e. The summed E-state index contributed by atoms with van der Waals surface area (Å²) in [5.74, 6) is -0.796. The SMILES string of the molecule is CCCCCCCC/C=C\CCCCCCCC(=O)OC(COC(=O)CCCCCCCCCCCCCCCCCC)COP(=O)(O)OCC. The second kappa shape index (κ2) is 38.5. The number of carbonyl (C=O) groups is 2. The van der Waals surface area contributed by atoms with E-state index in [0.717, 1.165) is 51.4 Å². The van der Waals surface area contributed by atoms with Crippen molar-refractivity contribution in [2.75, 3.05) is 19.8 Å². The lowest BCUT2D eigenvalue weighted by Gasteiger charge is -2.19. The van der Waals surface area contributed by atoms with E-state index in [0.29, 0.717) is 12.8 Å². The molecule has 2 atom stereocenters. The molecule has 0 rings (SSSR count). The number of allylic oxidation sites excluding steroid dienone is 2. The number of hydrogen-bond acceptors (Lipinski definition) is 7. The van der Waals surface area contributed by atoms with Gasteiger partial charge in [-0.3, -0.25) is 18.6 Å². The van der Waals surface area contributed by atoms with E-state index in [2.05, 4.69) is 26.0 Å². The zero-order chi connectivity index (χ0) is 37.5. The first-order valence-electron chi connectivity index (χ1n) is 21.5. The number of carbonyl (C=O) groups excluding carboxylic acids is 2. The summed E-state index contributed by atoms with van der Waals surface area (Å²) in [6.07, 6.45) is 39.7. The average Bonchev–Trinajstić information content (AvgIpc) is 3.10. The van der Waals surface area contributed by atoms with Crippen LogP contribution < -0.4 is 0 Å². The molecule has 0 spiro atoms. The summed E-state index contributed by atoms with van der Waals surface area (Å²) in [7, 11) is -4.27. The van der Waals surface area contributed by atoms with Crippen LogP contribution in [-0.4, -0.2) is 42.8 Å². The molecule has 1 N–H and O–H groups in total. The van der Waals surface area contributed by atoms with Crippen molar-refractivity contribution in [2.45, 2.75) is 226 Å². The van der Waals surface area contributed by atoms with Gasteiger partial charge in [-0.2, -0.15) is 0 Å². The van der Waals surface area contributed by atoms with Crippen LogP contribution in [0, 0.1) is 0 Å². The van der Waals surface area contributed by atoms with E-state index in [4.69, 9.17) is 18.5 Å². The summed E-state index contributed by atoms with van der Waals surface area (Å²) in [5.41, 5.74) is 0. The van der Waals surface area contributed by atoms with Crippen LogP contribution in [0.3, 0.4) is 0 Å². The Bertz CT molecular complexity index is 849. The molecule has 0 aromatic rings. The topological polar surface area (TPSA) is 108 Å². The smallest absolute Gasteiger partial charge is 0.462 e. The number of phosphoric acid groups is 1. The third kappa shape index (κ3) is 38.3. The van der Waals surface area contributed by atoms with Crippen molar-refractivity contribution in [1.82, 2.24) is 0 Å². The molecule has 51 heavy (non-hydrogen) atoms. The second-order valence-electron chi connectivity index (χ2n) is 14.4. The van der Waals surface area contributed by atoms with Gasteiger partial charge in [0.25, 0.3) is 0 Å². The van der Waals surface area contributed by atoms with Crippen molar-refractivity contribution in [3.8, 4) is 0 Å². The van der Waals surface area contributed by atoms with Crippen LogP contribution in [0.2, 0.25) is 0 Å². The molecule has 2 unspecified atom stereocenters. The molecule has 0 bridgehead atoms. The highest BCUT2D eigenvalue weighted by Crippen LogP contribution is 2.43. The molecule has 0 saturated heterocycles. The Labute approximate surface area is 314 Å². The zero-order valence-corrected chi connectivity index (χ0v) is 34.4. The molecular formula is C42H81O8P. The minimum atomic E-state index is -4.27. The highest BCUT2D eigenvalue weighted by Gasteiger charge is 2.25. The van der Waals surface area contributed by atoms with Gasteiger partial charge in [0.15, 0.2) is 6.10 Å². The molecule has 302 valence electrons. The van der Waals surface area contributed by atoms with Gasteiger partial charge in [-0.05, 0) is 45.4 Å².